The maximum Gasteiger partial charge on any atom is 0.322 e. The van der Waals surface area contributed by atoms with Crippen LogP contribution < -0.4 is 14.8 Å². The van der Waals surface area contributed by atoms with E-state index in [9.17, 15) is 13.2 Å². The van der Waals surface area contributed by atoms with Crippen molar-refractivity contribution in [3.8, 4) is 11.5 Å². The van der Waals surface area contributed by atoms with Crippen molar-refractivity contribution in [1.82, 2.24) is 10.2 Å². The molecule has 2 heterocycles. The Morgan fingerprint density at radius 3 is 2.67 bits per heavy atom. The molecular weight excluding hydrogens is 410 g/mol. The standard InChI is InChI=1S/C20H19N3O6S/c24-18(7-4-10-30(25,26)15-5-2-1-3-6-15)21-20-23-22-19(29-20)12-14-8-9-16-17(11-14)28-13-27-16/h1-3,5-6,8-9,11H,4,7,10,12-13H2,(H,21,23,24). The Kier molecular flexibility index (Phi) is 5.66. The zero-order chi connectivity index (χ0) is 21.0. The second kappa shape index (κ2) is 8.54. The van der Waals surface area contributed by atoms with E-state index in [1.165, 1.54) is 12.1 Å². The quantitative estimate of drug-likeness (QED) is 0.580. The highest BCUT2D eigenvalue weighted by molar-refractivity contribution is 7.91. The molecule has 0 saturated heterocycles. The van der Waals surface area contributed by atoms with E-state index < -0.39 is 15.7 Å². The van der Waals surface area contributed by atoms with Crippen LogP contribution in [0.1, 0.15) is 24.3 Å². The van der Waals surface area contributed by atoms with Crippen molar-refractivity contribution in [2.24, 2.45) is 0 Å². The molecule has 0 atom stereocenters. The third kappa shape index (κ3) is 4.77. The van der Waals surface area contributed by atoms with E-state index in [1.54, 1.807) is 24.3 Å². The molecule has 9 nitrogen and oxygen atoms in total. The number of carbonyl (C=O) groups is 1. The third-order valence-corrected chi connectivity index (χ3v) is 6.24. The highest BCUT2D eigenvalue weighted by Crippen LogP contribution is 2.33. The Morgan fingerprint density at radius 2 is 1.83 bits per heavy atom. The molecular formula is C20H19N3O6S. The van der Waals surface area contributed by atoms with Crippen LogP contribution in [0.15, 0.2) is 57.8 Å². The predicted octanol–water partition coefficient (Wildman–Crippen LogP) is 2.58. The summed E-state index contributed by atoms with van der Waals surface area (Å²) >= 11 is 0. The Labute approximate surface area is 172 Å². The topological polar surface area (TPSA) is 121 Å². The summed E-state index contributed by atoms with van der Waals surface area (Å²) < 4.78 is 40.5. The van der Waals surface area contributed by atoms with Gasteiger partial charge in [0.1, 0.15) is 0 Å². The molecule has 0 bridgehead atoms. The lowest BCUT2D eigenvalue weighted by Crippen LogP contribution is -2.14. The van der Waals surface area contributed by atoms with Crippen molar-refractivity contribution < 1.29 is 27.1 Å². The number of anilines is 1. The Morgan fingerprint density at radius 1 is 1.03 bits per heavy atom. The summed E-state index contributed by atoms with van der Waals surface area (Å²) in [7, 11) is -3.41. The molecule has 2 aromatic carbocycles. The molecule has 10 heteroatoms. The molecule has 1 amide bonds. The minimum absolute atomic E-state index is 0.0198. The monoisotopic (exact) mass is 429 g/mol. The van der Waals surface area contributed by atoms with Crippen molar-refractivity contribution >= 4 is 21.8 Å². The van der Waals surface area contributed by atoms with Crippen LogP contribution in [0.25, 0.3) is 0 Å². The van der Waals surface area contributed by atoms with Gasteiger partial charge in [-0.15, -0.1) is 5.10 Å². The van der Waals surface area contributed by atoms with E-state index in [0.717, 1.165) is 5.56 Å². The number of hydrogen-bond donors (Lipinski definition) is 1. The zero-order valence-electron chi connectivity index (χ0n) is 15.9. The molecule has 4 rings (SSSR count). The summed E-state index contributed by atoms with van der Waals surface area (Å²) in [5.41, 5.74) is 0.895. The van der Waals surface area contributed by atoms with Gasteiger partial charge in [-0.2, -0.15) is 0 Å². The number of rotatable bonds is 8. The van der Waals surface area contributed by atoms with E-state index in [-0.39, 0.29) is 36.3 Å². The fourth-order valence-electron chi connectivity index (χ4n) is 2.95. The Bertz CT molecular complexity index is 1140. The van der Waals surface area contributed by atoms with Crippen molar-refractivity contribution in [3.05, 3.63) is 60.0 Å². The molecule has 0 radical (unpaired) electrons. The first kappa shape index (κ1) is 19.9. The zero-order valence-corrected chi connectivity index (χ0v) is 16.7. The number of ether oxygens (including phenoxy) is 2. The van der Waals surface area contributed by atoms with Crippen molar-refractivity contribution in [1.29, 1.82) is 0 Å². The van der Waals surface area contributed by atoms with Gasteiger partial charge in [-0.3, -0.25) is 10.1 Å². The van der Waals surface area contributed by atoms with Gasteiger partial charge in [0.05, 0.1) is 17.1 Å². The van der Waals surface area contributed by atoms with E-state index in [0.29, 0.717) is 23.8 Å². The second-order valence-electron chi connectivity index (χ2n) is 6.65. The minimum Gasteiger partial charge on any atom is -0.454 e. The van der Waals surface area contributed by atoms with Gasteiger partial charge in [0.15, 0.2) is 21.3 Å². The molecule has 3 aromatic rings. The molecule has 0 aliphatic carbocycles. The molecule has 1 N–H and O–H groups in total. The van der Waals surface area contributed by atoms with E-state index in [2.05, 4.69) is 15.5 Å². The number of nitrogens with one attached hydrogen (secondary N) is 1. The van der Waals surface area contributed by atoms with Crippen LogP contribution in [0.2, 0.25) is 0 Å². The van der Waals surface area contributed by atoms with Crippen molar-refractivity contribution in [2.75, 3.05) is 17.9 Å². The maximum atomic E-state index is 12.2. The largest absolute Gasteiger partial charge is 0.454 e. The van der Waals surface area contributed by atoms with Crippen LogP contribution in [-0.2, 0) is 21.1 Å². The van der Waals surface area contributed by atoms with Crippen LogP contribution in [0.5, 0.6) is 11.5 Å². The third-order valence-electron chi connectivity index (χ3n) is 4.42. The highest BCUT2D eigenvalue weighted by Gasteiger charge is 2.17. The first-order chi connectivity index (χ1) is 14.5. The molecule has 1 aromatic heterocycles. The number of amides is 1. The molecule has 156 valence electrons. The van der Waals surface area contributed by atoms with Gasteiger partial charge >= 0.3 is 6.01 Å². The summed E-state index contributed by atoms with van der Waals surface area (Å²) in [5.74, 6) is 1.16. The lowest BCUT2D eigenvalue weighted by molar-refractivity contribution is -0.116. The highest BCUT2D eigenvalue weighted by atomic mass is 32.2. The van der Waals surface area contributed by atoms with Crippen LogP contribution in [0.3, 0.4) is 0 Å². The van der Waals surface area contributed by atoms with Crippen molar-refractivity contribution in [2.45, 2.75) is 24.2 Å². The van der Waals surface area contributed by atoms with Crippen LogP contribution >= 0.6 is 0 Å². The number of carbonyl (C=O) groups excluding carboxylic acids is 1. The molecule has 1 aliphatic heterocycles. The predicted molar refractivity (Wildman–Crippen MR) is 106 cm³/mol. The molecule has 1 aliphatic rings. The molecule has 0 fully saturated rings. The van der Waals surface area contributed by atoms with Gasteiger partial charge in [-0.1, -0.05) is 29.4 Å². The average molecular weight is 429 g/mol. The fourth-order valence-corrected chi connectivity index (χ4v) is 4.28. The van der Waals surface area contributed by atoms with E-state index in [4.69, 9.17) is 13.9 Å². The summed E-state index contributed by atoms with van der Waals surface area (Å²) in [5, 5.41) is 10.2. The smallest absolute Gasteiger partial charge is 0.322 e. The normalized spacial score (nSPS) is 12.7. The van der Waals surface area contributed by atoms with Crippen LogP contribution in [0, 0.1) is 0 Å². The van der Waals surface area contributed by atoms with Gasteiger partial charge in [-0.05, 0) is 36.2 Å². The number of aromatic nitrogens is 2. The summed E-state index contributed by atoms with van der Waals surface area (Å²) in [4.78, 5) is 12.3. The van der Waals surface area contributed by atoms with Gasteiger partial charge in [0, 0.05) is 6.42 Å². The average Bonchev–Trinajstić information content (AvgIpc) is 3.37. The molecule has 0 saturated carbocycles. The lowest BCUT2D eigenvalue weighted by Gasteiger charge is -2.04. The van der Waals surface area contributed by atoms with Crippen molar-refractivity contribution in [3.63, 3.8) is 0 Å². The maximum absolute atomic E-state index is 12.2. The summed E-state index contributed by atoms with van der Waals surface area (Å²) in [6, 6.07) is 13.6. The molecule has 30 heavy (non-hydrogen) atoms. The fraction of sp³-hybridized carbons (Fsp3) is 0.250. The minimum atomic E-state index is -3.41. The second-order valence-corrected chi connectivity index (χ2v) is 8.76. The number of fused-ring (bicyclic) bond motifs is 1. The van der Waals surface area contributed by atoms with Crippen LogP contribution in [0.4, 0.5) is 6.01 Å². The van der Waals surface area contributed by atoms with Gasteiger partial charge in [0.25, 0.3) is 0 Å². The van der Waals surface area contributed by atoms with Gasteiger partial charge < -0.3 is 13.9 Å². The lowest BCUT2D eigenvalue weighted by atomic mass is 10.1. The van der Waals surface area contributed by atoms with Gasteiger partial charge in [-0.25, -0.2) is 8.42 Å². The van der Waals surface area contributed by atoms with Crippen LogP contribution in [-0.4, -0.2) is 37.1 Å². The Balaban J connectivity index is 1.27. The number of nitrogens with zero attached hydrogens (tertiary/aromatic N) is 2. The summed E-state index contributed by atoms with van der Waals surface area (Å²) in [6.45, 7) is 0.197. The van der Waals surface area contributed by atoms with E-state index >= 15 is 0 Å². The SMILES string of the molecule is O=C(CCCS(=O)(=O)c1ccccc1)Nc1nnc(Cc2ccc3c(c2)OCO3)o1. The Hall–Kier alpha value is -3.40. The van der Waals surface area contributed by atoms with E-state index in [1.807, 2.05) is 12.1 Å². The number of hydrogen-bond acceptors (Lipinski definition) is 8. The first-order valence-corrected chi connectivity index (χ1v) is 10.9. The number of sulfone groups is 1. The first-order valence-electron chi connectivity index (χ1n) is 9.28. The molecule has 0 unspecified atom stereocenters. The number of benzene rings is 2. The van der Waals surface area contributed by atoms with Gasteiger partial charge in [0.2, 0.25) is 18.6 Å². The molecule has 0 spiro atoms. The summed E-state index contributed by atoms with van der Waals surface area (Å²) in [6.07, 6.45) is 0.571.